The number of aromatic nitrogens is 2. The summed E-state index contributed by atoms with van der Waals surface area (Å²) in [6.07, 6.45) is 15.0. The summed E-state index contributed by atoms with van der Waals surface area (Å²) in [5.41, 5.74) is 2.52. The van der Waals surface area contributed by atoms with E-state index in [-0.39, 0.29) is 6.10 Å². The van der Waals surface area contributed by atoms with Gasteiger partial charge in [0.25, 0.3) is 0 Å². The van der Waals surface area contributed by atoms with Gasteiger partial charge in [-0.3, -0.25) is 0 Å². The molecule has 2 aliphatic rings. The highest BCUT2D eigenvalue weighted by Gasteiger charge is 2.23. The number of hydrogen-bond donors (Lipinski definition) is 0. The highest BCUT2D eigenvalue weighted by Crippen LogP contribution is 2.32. The molecule has 5 heteroatoms. The molecule has 0 atom stereocenters. The van der Waals surface area contributed by atoms with Crippen LogP contribution in [-0.4, -0.2) is 29.2 Å². The van der Waals surface area contributed by atoms with Crippen molar-refractivity contribution in [2.75, 3.05) is 18.0 Å². The number of anilines is 1. The molecular formula is C24H32ClN3O. The standard InChI is InChI=1S/C24H32ClN3O/c1-2-18-16-26-24(27-17-18)28-12-10-21(11-13-28)29-23-9-8-20(15-22(23)25)14-19-6-4-3-5-7-19/h8-9,15-17,19,21H,2-7,10-14H2,1H3. The van der Waals surface area contributed by atoms with E-state index < -0.39 is 0 Å². The Morgan fingerprint density at radius 1 is 1.00 bits per heavy atom. The van der Waals surface area contributed by atoms with E-state index in [1.807, 2.05) is 12.4 Å². The fraction of sp³-hybridized carbons (Fsp3) is 0.583. The summed E-state index contributed by atoms with van der Waals surface area (Å²) in [6.45, 7) is 3.94. The fourth-order valence-electron chi connectivity index (χ4n) is 4.54. The number of aryl methyl sites for hydroxylation is 1. The topological polar surface area (TPSA) is 38.2 Å². The zero-order valence-corrected chi connectivity index (χ0v) is 18.2. The first-order valence-electron chi connectivity index (χ1n) is 11.2. The van der Waals surface area contributed by atoms with Gasteiger partial charge in [0.15, 0.2) is 0 Å². The van der Waals surface area contributed by atoms with Gasteiger partial charge in [0.05, 0.1) is 5.02 Å². The summed E-state index contributed by atoms with van der Waals surface area (Å²) in [7, 11) is 0. The van der Waals surface area contributed by atoms with Crippen LogP contribution in [0.5, 0.6) is 5.75 Å². The first-order valence-corrected chi connectivity index (χ1v) is 11.6. The third kappa shape index (κ3) is 5.42. The summed E-state index contributed by atoms with van der Waals surface area (Å²) in [5, 5.41) is 0.749. The van der Waals surface area contributed by atoms with Crippen molar-refractivity contribution in [2.24, 2.45) is 5.92 Å². The van der Waals surface area contributed by atoms with Crippen LogP contribution in [0.1, 0.15) is 63.0 Å². The highest BCUT2D eigenvalue weighted by atomic mass is 35.5. The molecule has 1 saturated carbocycles. The first-order chi connectivity index (χ1) is 14.2. The van der Waals surface area contributed by atoms with E-state index in [1.54, 1.807) is 0 Å². The highest BCUT2D eigenvalue weighted by molar-refractivity contribution is 6.32. The van der Waals surface area contributed by atoms with Gasteiger partial charge in [0.2, 0.25) is 5.95 Å². The second kappa shape index (κ2) is 9.80. The maximum Gasteiger partial charge on any atom is 0.225 e. The van der Waals surface area contributed by atoms with Crippen molar-refractivity contribution in [3.63, 3.8) is 0 Å². The Balaban J connectivity index is 1.29. The van der Waals surface area contributed by atoms with Crippen molar-refractivity contribution < 1.29 is 4.74 Å². The molecule has 0 unspecified atom stereocenters. The van der Waals surface area contributed by atoms with Crippen molar-refractivity contribution in [1.82, 2.24) is 9.97 Å². The fourth-order valence-corrected chi connectivity index (χ4v) is 4.79. The molecule has 2 aromatic rings. The molecule has 1 aromatic carbocycles. The van der Waals surface area contributed by atoms with E-state index in [2.05, 4.69) is 40.0 Å². The zero-order valence-electron chi connectivity index (χ0n) is 17.4. The van der Waals surface area contributed by atoms with Gasteiger partial charge in [0, 0.05) is 38.3 Å². The predicted molar refractivity (Wildman–Crippen MR) is 119 cm³/mol. The lowest BCUT2D eigenvalue weighted by molar-refractivity contribution is 0.170. The molecule has 0 radical (unpaired) electrons. The van der Waals surface area contributed by atoms with E-state index in [0.717, 1.165) is 61.4 Å². The normalized spacial score (nSPS) is 18.8. The van der Waals surface area contributed by atoms with Crippen molar-refractivity contribution in [1.29, 1.82) is 0 Å². The molecular weight excluding hydrogens is 382 g/mol. The Bertz CT molecular complexity index is 781. The molecule has 0 spiro atoms. The quantitative estimate of drug-likeness (QED) is 0.594. The van der Waals surface area contributed by atoms with Gasteiger partial charge in [-0.1, -0.05) is 56.7 Å². The lowest BCUT2D eigenvalue weighted by Crippen LogP contribution is -2.39. The summed E-state index contributed by atoms with van der Waals surface area (Å²) >= 11 is 6.56. The molecule has 0 bridgehead atoms. The summed E-state index contributed by atoms with van der Waals surface area (Å²) < 4.78 is 6.25. The zero-order chi connectivity index (χ0) is 20.1. The van der Waals surface area contributed by atoms with E-state index in [1.165, 1.54) is 43.2 Å². The Morgan fingerprint density at radius 2 is 1.72 bits per heavy atom. The molecule has 1 saturated heterocycles. The molecule has 4 rings (SSSR count). The van der Waals surface area contributed by atoms with Gasteiger partial charge in [-0.15, -0.1) is 0 Å². The molecule has 1 aromatic heterocycles. The number of benzene rings is 1. The molecule has 29 heavy (non-hydrogen) atoms. The van der Waals surface area contributed by atoms with Crippen molar-refractivity contribution in [2.45, 2.75) is 70.8 Å². The van der Waals surface area contributed by atoms with Crippen LogP contribution in [0.2, 0.25) is 5.02 Å². The molecule has 1 aliphatic carbocycles. The van der Waals surface area contributed by atoms with Crippen LogP contribution in [0.15, 0.2) is 30.6 Å². The molecule has 1 aliphatic heterocycles. The third-order valence-electron chi connectivity index (χ3n) is 6.36. The van der Waals surface area contributed by atoms with Gasteiger partial charge in [-0.25, -0.2) is 9.97 Å². The minimum absolute atomic E-state index is 0.197. The van der Waals surface area contributed by atoms with Crippen LogP contribution in [-0.2, 0) is 12.8 Å². The van der Waals surface area contributed by atoms with Crippen LogP contribution >= 0.6 is 11.6 Å². The summed E-state index contributed by atoms with van der Waals surface area (Å²) in [6, 6.07) is 6.39. The Kier molecular flexibility index (Phi) is 6.91. The summed E-state index contributed by atoms with van der Waals surface area (Å²) in [4.78, 5) is 11.3. The molecule has 0 amide bonds. The first kappa shape index (κ1) is 20.5. The van der Waals surface area contributed by atoms with Crippen LogP contribution in [0, 0.1) is 5.92 Å². The van der Waals surface area contributed by atoms with Gasteiger partial charge in [-0.05, 0) is 42.0 Å². The SMILES string of the molecule is CCc1cnc(N2CCC(Oc3ccc(CC4CCCCC4)cc3Cl)CC2)nc1. The van der Waals surface area contributed by atoms with E-state index in [0.29, 0.717) is 0 Å². The number of piperidine rings is 1. The van der Waals surface area contributed by atoms with Crippen molar-refractivity contribution >= 4 is 17.5 Å². The van der Waals surface area contributed by atoms with Crippen LogP contribution in [0.3, 0.4) is 0 Å². The van der Waals surface area contributed by atoms with Crippen LogP contribution < -0.4 is 9.64 Å². The summed E-state index contributed by atoms with van der Waals surface area (Å²) in [5.74, 6) is 2.47. The molecule has 156 valence electrons. The van der Waals surface area contributed by atoms with E-state index in [4.69, 9.17) is 16.3 Å². The van der Waals surface area contributed by atoms with Gasteiger partial charge in [-0.2, -0.15) is 0 Å². The van der Waals surface area contributed by atoms with Gasteiger partial charge in [0.1, 0.15) is 11.9 Å². The maximum atomic E-state index is 6.56. The molecule has 2 fully saturated rings. The van der Waals surface area contributed by atoms with Crippen LogP contribution in [0.4, 0.5) is 5.95 Å². The second-order valence-corrected chi connectivity index (χ2v) is 8.93. The number of nitrogens with zero attached hydrogens (tertiary/aromatic N) is 3. The smallest absolute Gasteiger partial charge is 0.225 e. The number of rotatable bonds is 6. The Hall–Kier alpha value is -1.81. The maximum absolute atomic E-state index is 6.56. The van der Waals surface area contributed by atoms with Crippen molar-refractivity contribution in [3.05, 3.63) is 46.7 Å². The largest absolute Gasteiger partial charge is 0.489 e. The van der Waals surface area contributed by atoms with E-state index in [9.17, 15) is 0 Å². The molecule has 2 heterocycles. The number of ether oxygens (including phenoxy) is 1. The monoisotopic (exact) mass is 413 g/mol. The number of halogens is 1. The Labute approximate surface area is 179 Å². The predicted octanol–water partition coefficient (Wildman–Crippen LogP) is 5.86. The second-order valence-electron chi connectivity index (χ2n) is 8.52. The average Bonchev–Trinajstić information content (AvgIpc) is 2.77. The Morgan fingerprint density at radius 3 is 2.38 bits per heavy atom. The molecule has 0 N–H and O–H groups in total. The van der Waals surface area contributed by atoms with Gasteiger partial charge < -0.3 is 9.64 Å². The minimum atomic E-state index is 0.197. The lowest BCUT2D eigenvalue weighted by atomic mass is 9.85. The van der Waals surface area contributed by atoms with Gasteiger partial charge >= 0.3 is 0 Å². The molecule has 4 nitrogen and oxygen atoms in total. The van der Waals surface area contributed by atoms with Crippen molar-refractivity contribution in [3.8, 4) is 5.75 Å². The number of hydrogen-bond acceptors (Lipinski definition) is 4. The minimum Gasteiger partial charge on any atom is -0.489 e. The van der Waals surface area contributed by atoms with Crippen LogP contribution in [0.25, 0.3) is 0 Å². The van der Waals surface area contributed by atoms with E-state index >= 15 is 0 Å². The third-order valence-corrected chi connectivity index (χ3v) is 6.66. The average molecular weight is 414 g/mol. The lowest BCUT2D eigenvalue weighted by Gasteiger charge is -2.32.